The molecule has 3 heteroatoms. The lowest BCUT2D eigenvalue weighted by atomic mass is 9.79. The van der Waals surface area contributed by atoms with E-state index in [9.17, 15) is 0 Å². The average Bonchev–Trinajstić information content (AvgIpc) is 2.72. The summed E-state index contributed by atoms with van der Waals surface area (Å²) in [4.78, 5) is 0. The molecule has 0 radical (unpaired) electrons. The van der Waals surface area contributed by atoms with Crippen LogP contribution in [0.5, 0.6) is 0 Å². The molecule has 2 bridgehead atoms. The van der Waals surface area contributed by atoms with Gasteiger partial charge in [-0.2, -0.15) is 0 Å². The fourth-order valence-corrected chi connectivity index (χ4v) is 4.47. The first-order valence-electron chi connectivity index (χ1n) is 8.52. The lowest BCUT2D eigenvalue weighted by molar-refractivity contribution is -0.232. The normalized spacial score (nSPS) is 33.6. The van der Waals surface area contributed by atoms with Gasteiger partial charge in [-0.05, 0) is 63.5 Å². The maximum Gasteiger partial charge on any atom is 0.0947 e. The van der Waals surface area contributed by atoms with Crippen LogP contribution in [0.15, 0.2) is 24.3 Å². The first-order valence-corrected chi connectivity index (χ1v) is 8.90. The van der Waals surface area contributed by atoms with E-state index in [1.165, 1.54) is 12.8 Å². The van der Waals surface area contributed by atoms with Gasteiger partial charge in [0.05, 0.1) is 23.9 Å². The van der Waals surface area contributed by atoms with Crippen LogP contribution in [0.1, 0.15) is 58.4 Å². The summed E-state index contributed by atoms with van der Waals surface area (Å²) in [6.45, 7) is 7.30. The zero-order valence-electron chi connectivity index (χ0n) is 13.9. The van der Waals surface area contributed by atoms with Crippen molar-refractivity contribution in [2.45, 2.75) is 76.8 Å². The monoisotopic (exact) mass is 322 g/mol. The molecule has 2 aliphatic heterocycles. The summed E-state index contributed by atoms with van der Waals surface area (Å²) in [6, 6.07) is 7.94. The maximum atomic E-state index is 6.61. The van der Waals surface area contributed by atoms with E-state index in [0.29, 0.717) is 12.5 Å². The molecular weight excluding hydrogens is 296 g/mol. The minimum absolute atomic E-state index is 0.0310. The van der Waals surface area contributed by atoms with Crippen molar-refractivity contribution in [1.82, 2.24) is 0 Å². The molecule has 22 heavy (non-hydrogen) atoms. The Morgan fingerprint density at radius 1 is 1.23 bits per heavy atom. The summed E-state index contributed by atoms with van der Waals surface area (Å²) in [5, 5.41) is 0.784. The summed E-state index contributed by atoms with van der Waals surface area (Å²) in [5.74, 6) is 0.654. The summed E-state index contributed by atoms with van der Waals surface area (Å²) in [6.07, 6.45) is 5.84. The van der Waals surface area contributed by atoms with Gasteiger partial charge in [-0.1, -0.05) is 36.7 Å². The maximum absolute atomic E-state index is 6.61. The highest BCUT2D eigenvalue weighted by Crippen LogP contribution is 2.50. The van der Waals surface area contributed by atoms with E-state index in [1.54, 1.807) is 0 Å². The molecule has 3 aliphatic rings. The number of hydrogen-bond acceptors (Lipinski definition) is 2. The lowest BCUT2D eigenvalue weighted by Crippen LogP contribution is -2.53. The molecule has 0 aromatic heterocycles. The Balaban J connectivity index is 1.77. The molecular formula is C19H27ClO2. The van der Waals surface area contributed by atoms with Gasteiger partial charge in [0.1, 0.15) is 0 Å². The van der Waals surface area contributed by atoms with Crippen molar-refractivity contribution in [2.75, 3.05) is 0 Å². The Kier molecular flexibility index (Phi) is 4.55. The van der Waals surface area contributed by atoms with E-state index >= 15 is 0 Å². The predicted octanol–water partition coefficient (Wildman–Crippen LogP) is 5.37. The van der Waals surface area contributed by atoms with Crippen LogP contribution in [0.2, 0.25) is 5.02 Å². The third kappa shape index (κ3) is 2.93. The Bertz CT molecular complexity index is 528. The van der Waals surface area contributed by atoms with Crippen molar-refractivity contribution in [3.05, 3.63) is 34.9 Å². The van der Waals surface area contributed by atoms with Crippen molar-refractivity contribution >= 4 is 11.6 Å². The quantitative estimate of drug-likeness (QED) is 0.741. The molecule has 4 rings (SSSR count). The third-order valence-corrected chi connectivity index (χ3v) is 6.09. The van der Waals surface area contributed by atoms with Crippen molar-refractivity contribution in [1.29, 1.82) is 0 Å². The number of rotatable bonds is 4. The topological polar surface area (TPSA) is 18.5 Å². The van der Waals surface area contributed by atoms with Crippen molar-refractivity contribution in [3.8, 4) is 0 Å². The molecule has 3 fully saturated rings. The zero-order chi connectivity index (χ0) is 15.8. The minimum Gasteiger partial charge on any atom is -0.370 e. The molecule has 1 aromatic carbocycles. The van der Waals surface area contributed by atoms with Crippen molar-refractivity contribution in [3.63, 3.8) is 0 Å². The molecule has 1 aromatic rings. The Labute approximate surface area is 139 Å². The van der Waals surface area contributed by atoms with Crippen molar-refractivity contribution in [2.24, 2.45) is 5.92 Å². The molecule has 0 N–H and O–H groups in total. The highest BCUT2D eigenvalue weighted by Gasteiger charge is 2.52. The van der Waals surface area contributed by atoms with E-state index in [2.05, 4.69) is 20.8 Å². The zero-order valence-corrected chi connectivity index (χ0v) is 14.7. The Hall–Kier alpha value is -0.570. The molecule has 122 valence electrons. The summed E-state index contributed by atoms with van der Waals surface area (Å²) in [7, 11) is 0. The second-order valence-corrected chi connectivity index (χ2v) is 7.74. The number of halogens is 1. The van der Waals surface area contributed by atoms with Gasteiger partial charge in [0.25, 0.3) is 0 Å². The molecule has 0 amide bonds. The molecule has 3 atom stereocenters. The number of ether oxygens (including phenoxy) is 2. The van der Waals surface area contributed by atoms with Gasteiger partial charge in [-0.25, -0.2) is 0 Å². The van der Waals surface area contributed by atoms with Gasteiger partial charge >= 0.3 is 0 Å². The summed E-state index contributed by atoms with van der Waals surface area (Å²) in [5.41, 5.74) is 0.905. The smallest absolute Gasteiger partial charge is 0.0947 e. The summed E-state index contributed by atoms with van der Waals surface area (Å²) >= 11 is 6.26. The van der Waals surface area contributed by atoms with Crippen molar-refractivity contribution < 1.29 is 9.47 Å². The van der Waals surface area contributed by atoms with Crippen LogP contribution in [0.3, 0.4) is 0 Å². The summed E-state index contributed by atoms with van der Waals surface area (Å²) < 4.78 is 12.9. The molecule has 0 spiro atoms. The molecule has 2 heterocycles. The van der Waals surface area contributed by atoms with E-state index in [0.717, 1.165) is 29.8 Å². The molecule has 1 aliphatic carbocycles. The number of fused-ring (bicyclic) bond motifs is 4. The second-order valence-electron chi connectivity index (χ2n) is 7.33. The molecule has 2 nitrogen and oxygen atoms in total. The fraction of sp³-hybridized carbons (Fsp3) is 0.684. The first-order chi connectivity index (χ1) is 10.5. The van der Waals surface area contributed by atoms with Gasteiger partial charge in [-0.15, -0.1) is 0 Å². The van der Waals surface area contributed by atoms with Gasteiger partial charge in [-0.3, -0.25) is 0 Å². The highest BCUT2D eigenvalue weighted by atomic mass is 35.5. The van der Waals surface area contributed by atoms with E-state index < -0.39 is 0 Å². The van der Waals surface area contributed by atoms with Gasteiger partial charge in [0.2, 0.25) is 0 Å². The first kappa shape index (κ1) is 16.3. The van der Waals surface area contributed by atoms with Crippen LogP contribution in [-0.4, -0.2) is 17.3 Å². The number of hydrogen-bond donors (Lipinski definition) is 0. The number of benzene rings is 1. The third-order valence-electron chi connectivity index (χ3n) is 5.73. The lowest BCUT2D eigenvalue weighted by Gasteiger charge is -2.49. The van der Waals surface area contributed by atoms with Gasteiger partial charge in [0.15, 0.2) is 0 Å². The van der Waals surface area contributed by atoms with E-state index in [4.69, 9.17) is 21.1 Å². The van der Waals surface area contributed by atoms with E-state index in [1.807, 2.05) is 24.3 Å². The second kappa shape index (κ2) is 6.14. The van der Waals surface area contributed by atoms with E-state index in [-0.39, 0.29) is 17.3 Å². The van der Waals surface area contributed by atoms with Crippen LogP contribution in [0.25, 0.3) is 0 Å². The predicted molar refractivity (Wildman–Crippen MR) is 90.2 cm³/mol. The molecule has 2 saturated heterocycles. The molecule has 1 saturated carbocycles. The highest BCUT2D eigenvalue weighted by molar-refractivity contribution is 6.31. The SMILES string of the molecule is CCC12CCC(CCC1OCc1ccccc1Cl)C(C)(C)O2. The van der Waals surface area contributed by atoms with Crippen LogP contribution in [-0.2, 0) is 16.1 Å². The van der Waals surface area contributed by atoms with Gasteiger partial charge in [0, 0.05) is 5.02 Å². The van der Waals surface area contributed by atoms with Crippen LogP contribution >= 0.6 is 11.6 Å². The fourth-order valence-electron chi connectivity index (χ4n) is 4.28. The Morgan fingerprint density at radius 3 is 2.68 bits per heavy atom. The van der Waals surface area contributed by atoms with Crippen LogP contribution in [0, 0.1) is 5.92 Å². The average molecular weight is 323 g/mol. The molecule has 3 unspecified atom stereocenters. The van der Waals surface area contributed by atoms with Crippen LogP contribution < -0.4 is 0 Å². The Morgan fingerprint density at radius 2 is 2.00 bits per heavy atom. The van der Waals surface area contributed by atoms with Crippen LogP contribution in [0.4, 0.5) is 0 Å². The standard InChI is InChI=1S/C19H27ClO2/c1-4-19-12-11-15(18(2,3)22-19)9-10-17(19)21-13-14-7-5-6-8-16(14)20/h5-8,15,17H,4,9-13H2,1-3H3. The largest absolute Gasteiger partial charge is 0.370 e. The van der Waals surface area contributed by atoms with Gasteiger partial charge < -0.3 is 9.47 Å². The minimum atomic E-state index is -0.127.